The summed E-state index contributed by atoms with van der Waals surface area (Å²) in [6.07, 6.45) is 0.984. The van der Waals surface area contributed by atoms with Gasteiger partial charge in [0.15, 0.2) is 0 Å². The Hall–Kier alpha value is -2.81. The Balaban J connectivity index is 1.80. The Labute approximate surface area is 201 Å². The van der Waals surface area contributed by atoms with Gasteiger partial charge in [-0.05, 0) is 68.0 Å². The van der Waals surface area contributed by atoms with E-state index in [9.17, 15) is 5.11 Å². The summed E-state index contributed by atoms with van der Waals surface area (Å²) < 4.78 is 11.6. The van der Waals surface area contributed by atoms with Crippen LogP contribution in [0.4, 0.5) is 0 Å². The first kappa shape index (κ1) is 25.8. The van der Waals surface area contributed by atoms with Gasteiger partial charge in [0.1, 0.15) is 18.5 Å². The molecule has 0 fully saturated rings. The van der Waals surface area contributed by atoms with Crippen molar-refractivity contribution in [3.63, 3.8) is 0 Å². The predicted molar refractivity (Wildman–Crippen MR) is 132 cm³/mol. The summed E-state index contributed by atoms with van der Waals surface area (Å²) in [5.74, 6) is 2.27. The summed E-state index contributed by atoms with van der Waals surface area (Å²) >= 11 is 0. The second-order valence-electron chi connectivity index (χ2n) is 9.04. The summed E-state index contributed by atoms with van der Waals surface area (Å²) in [4.78, 5) is 9.28. The Bertz CT molecular complexity index is 1080. The number of nitrogens with one attached hydrogen (secondary N) is 1. The molecule has 3 rings (SSSR count). The van der Waals surface area contributed by atoms with Crippen molar-refractivity contribution in [1.29, 1.82) is 0 Å². The summed E-state index contributed by atoms with van der Waals surface area (Å²) in [5.41, 5.74) is 5.62. The van der Waals surface area contributed by atoms with Crippen LogP contribution in [0.15, 0.2) is 28.8 Å². The van der Waals surface area contributed by atoms with Gasteiger partial charge in [-0.3, -0.25) is 4.98 Å². The fourth-order valence-electron chi connectivity index (χ4n) is 3.87. The molecule has 0 unspecified atom stereocenters. The number of aliphatic hydroxyl groups is 2. The van der Waals surface area contributed by atoms with E-state index in [1.165, 1.54) is 0 Å². The van der Waals surface area contributed by atoms with Gasteiger partial charge >= 0.3 is 0 Å². The molecule has 1 atom stereocenters. The summed E-state index contributed by atoms with van der Waals surface area (Å²) in [5, 5.41) is 26.1. The average molecular weight is 469 g/mol. The average Bonchev–Trinajstić information content (AvgIpc) is 3.27. The molecule has 8 heteroatoms. The molecule has 8 nitrogen and oxygen atoms in total. The van der Waals surface area contributed by atoms with Crippen molar-refractivity contribution in [2.24, 2.45) is 5.92 Å². The van der Waals surface area contributed by atoms with Crippen LogP contribution < -0.4 is 10.1 Å². The zero-order valence-corrected chi connectivity index (χ0v) is 20.8. The molecule has 0 saturated heterocycles. The van der Waals surface area contributed by atoms with E-state index < -0.39 is 6.10 Å². The monoisotopic (exact) mass is 468 g/mol. The van der Waals surface area contributed by atoms with E-state index in [4.69, 9.17) is 14.4 Å². The van der Waals surface area contributed by atoms with Crippen LogP contribution >= 0.6 is 0 Å². The van der Waals surface area contributed by atoms with E-state index in [1.807, 2.05) is 38.1 Å². The van der Waals surface area contributed by atoms with Crippen LogP contribution in [0.25, 0.3) is 22.8 Å². The Morgan fingerprint density at radius 3 is 2.59 bits per heavy atom. The molecule has 0 saturated carbocycles. The van der Waals surface area contributed by atoms with E-state index in [0.717, 1.165) is 52.2 Å². The van der Waals surface area contributed by atoms with Crippen molar-refractivity contribution < 1.29 is 19.5 Å². The van der Waals surface area contributed by atoms with Gasteiger partial charge in [-0.15, -0.1) is 0 Å². The summed E-state index contributed by atoms with van der Waals surface area (Å²) in [7, 11) is 0. The fraction of sp³-hybridized carbons (Fsp3) is 0.500. The van der Waals surface area contributed by atoms with Crippen LogP contribution in [0, 0.1) is 19.8 Å². The molecular weight excluding hydrogens is 432 g/mol. The van der Waals surface area contributed by atoms with Crippen molar-refractivity contribution in [2.45, 2.75) is 53.6 Å². The smallest absolute Gasteiger partial charge is 0.258 e. The highest BCUT2D eigenvalue weighted by Crippen LogP contribution is 2.31. The van der Waals surface area contributed by atoms with E-state index >= 15 is 0 Å². The van der Waals surface area contributed by atoms with Crippen molar-refractivity contribution in [3.05, 3.63) is 46.8 Å². The molecule has 34 heavy (non-hydrogen) atoms. The van der Waals surface area contributed by atoms with Gasteiger partial charge in [-0.1, -0.05) is 25.9 Å². The zero-order valence-electron chi connectivity index (χ0n) is 20.8. The second kappa shape index (κ2) is 12.1. The minimum Gasteiger partial charge on any atom is -0.490 e. The molecule has 0 amide bonds. The molecule has 3 N–H and O–H groups in total. The number of pyridine rings is 1. The van der Waals surface area contributed by atoms with E-state index in [1.54, 1.807) is 0 Å². The fourth-order valence-corrected chi connectivity index (χ4v) is 3.87. The van der Waals surface area contributed by atoms with Gasteiger partial charge in [0, 0.05) is 35.6 Å². The maximum Gasteiger partial charge on any atom is 0.258 e. The van der Waals surface area contributed by atoms with Crippen molar-refractivity contribution in [2.75, 3.05) is 26.3 Å². The number of rotatable bonds is 12. The molecule has 0 bridgehead atoms. The van der Waals surface area contributed by atoms with E-state index in [0.29, 0.717) is 30.7 Å². The third-order valence-corrected chi connectivity index (χ3v) is 5.38. The maximum atomic E-state index is 10.1. The van der Waals surface area contributed by atoms with Crippen LogP contribution in [0.5, 0.6) is 5.75 Å². The lowest BCUT2D eigenvalue weighted by atomic mass is 10.0. The number of aliphatic hydroxyl groups excluding tert-OH is 2. The van der Waals surface area contributed by atoms with Crippen LogP contribution in [-0.4, -0.2) is 57.7 Å². The van der Waals surface area contributed by atoms with Crippen molar-refractivity contribution in [3.8, 4) is 28.6 Å². The van der Waals surface area contributed by atoms with Crippen LogP contribution in [0.2, 0.25) is 0 Å². The quantitative estimate of drug-likeness (QED) is 0.346. The molecule has 1 aromatic carbocycles. The van der Waals surface area contributed by atoms with Gasteiger partial charge < -0.3 is 24.8 Å². The molecule has 0 radical (unpaired) electrons. The van der Waals surface area contributed by atoms with Crippen molar-refractivity contribution in [1.82, 2.24) is 20.4 Å². The number of hydrogen-bond acceptors (Lipinski definition) is 8. The molecule has 0 aliphatic heterocycles. The second-order valence-corrected chi connectivity index (χ2v) is 9.04. The minimum atomic E-state index is -0.667. The first-order valence-electron chi connectivity index (χ1n) is 11.9. The van der Waals surface area contributed by atoms with E-state index in [2.05, 4.69) is 41.2 Å². The Morgan fingerprint density at radius 1 is 1.09 bits per heavy atom. The van der Waals surface area contributed by atoms with Gasteiger partial charge in [0.05, 0.1) is 6.61 Å². The zero-order chi connectivity index (χ0) is 24.7. The SMILES string of the molecule is CCc1cc(-c2noc(-c3cc(C)nc(CC(C)C)c3)n2)cc(C)c1OC[C@@H](O)CNCCO. The van der Waals surface area contributed by atoms with Crippen LogP contribution in [0.3, 0.4) is 0 Å². The van der Waals surface area contributed by atoms with Gasteiger partial charge in [-0.2, -0.15) is 4.98 Å². The lowest BCUT2D eigenvalue weighted by Gasteiger charge is -2.17. The molecule has 2 aromatic heterocycles. The first-order chi connectivity index (χ1) is 16.3. The molecule has 184 valence electrons. The normalized spacial score (nSPS) is 12.4. The van der Waals surface area contributed by atoms with Gasteiger partial charge in [0.2, 0.25) is 5.82 Å². The molecular formula is C26H36N4O4. The highest BCUT2D eigenvalue weighted by atomic mass is 16.5. The van der Waals surface area contributed by atoms with Crippen LogP contribution in [-0.2, 0) is 12.8 Å². The highest BCUT2D eigenvalue weighted by Gasteiger charge is 2.17. The third-order valence-electron chi connectivity index (χ3n) is 5.38. The predicted octanol–water partition coefficient (Wildman–Crippen LogP) is 3.50. The number of aryl methyl sites for hydroxylation is 3. The van der Waals surface area contributed by atoms with Gasteiger partial charge in [0.25, 0.3) is 5.89 Å². The molecule has 0 aliphatic rings. The van der Waals surface area contributed by atoms with E-state index in [-0.39, 0.29) is 13.2 Å². The standard InChI is InChI=1S/C26H36N4O4/c1-6-19-12-20(10-17(4)24(19)33-15-23(32)14-27-7-8-31)25-29-26(34-30-25)21-11-18(5)28-22(13-21)9-16(2)3/h10-13,16,23,27,31-32H,6-9,14-15H2,1-5H3/t23-/m0/s1. The number of ether oxygens (including phenoxy) is 1. The highest BCUT2D eigenvalue weighted by molar-refractivity contribution is 5.64. The van der Waals surface area contributed by atoms with Crippen LogP contribution in [0.1, 0.15) is 43.3 Å². The lowest BCUT2D eigenvalue weighted by Crippen LogP contribution is -2.33. The molecule has 0 spiro atoms. The first-order valence-corrected chi connectivity index (χ1v) is 11.9. The maximum absolute atomic E-state index is 10.1. The number of benzene rings is 1. The largest absolute Gasteiger partial charge is 0.490 e. The Morgan fingerprint density at radius 2 is 1.88 bits per heavy atom. The summed E-state index contributed by atoms with van der Waals surface area (Å²) in [6, 6.07) is 7.96. The van der Waals surface area contributed by atoms with Crippen molar-refractivity contribution >= 4 is 0 Å². The summed E-state index contributed by atoms with van der Waals surface area (Å²) in [6.45, 7) is 11.3. The van der Waals surface area contributed by atoms with Gasteiger partial charge in [-0.25, -0.2) is 0 Å². The number of hydrogen-bond donors (Lipinski definition) is 3. The minimum absolute atomic E-state index is 0.0335. The molecule has 3 aromatic rings. The Kier molecular flexibility index (Phi) is 9.15. The lowest BCUT2D eigenvalue weighted by molar-refractivity contribution is 0.104. The number of nitrogens with zero attached hydrogens (tertiary/aromatic N) is 3. The molecule has 0 aliphatic carbocycles. The number of aromatic nitrogens is 3. The topological polar surface area (TPSA) is 114 Å². The third kappa shape index (κ3) is 6.85. The molecule has 2 heterocycles.